The lowest BCUT2D eigenvalue weighted by Gasteiger charge is -2.28. The summed E-state index contributed by atoms with van der Waals surface area (Å²) in [5, 5.41) is 14.1. The number of aryl methyl sites for hydroxylation is 1. The van der Waals surface area contributed by atoms with Gasteiger partial charge in [0.2, 0.25) is 0 Å². The number of pyridine rings is 1. The van der Waals surface area contributed by atoms with Crippen molar-refractivity contribution in [1.29, 1.82) is 0 Å². The number of aromatic nitrogens is 3. The van der Waals surface area contributed by atoms with Gasteiger partial charge in [0.1, 0.15) is 0 Å². The minimum atomic E-state index is -0.203. The van der Waals surface area contributed by atoms with E-state index in [1.807, 2.05) is 16.9 Å². The zero-order valence-electron chi connectivity index (χ0n) is 24.3. The van der Waals surface area contributed by atoms with Gasteiger partial charge in [0.15, 0.2) is 5.69 Å². The Morgan fingerprint density at radius 2 is 1.85 bits per heavy atom. The molecule has 0 radical (unpaired) electrons. The standard InChI is InChI=1S/C21H30N6O.C6H13N3.C3H4/c1-2-3-4-5-15-27-16-9-18(25-27)21(28)24-19-17-23-12-8-20(19)26-13-6-10-22-11-7-14-26;1-7-6-9-4-2-8-3-5-9;1-3-2/h3-4,8-9,12,16-17,22H,2,5-7,10-11,13-15H2,1H3,(H,24,28);8H,1-6H2;1H,2H3/b4-3-;;. The lowest BCUT2D eigenvalue weighted by Crippen LogP contribution is -2.43. The lowest BCUT2D eigenvalue weighted by molar-refractivity contribution is 0.102. The zero-order valence-corrected chi connectivity index (χ0v) is 24.3. The van der Waals surface area contributed by atoms with Gasteiger partial charge in [-0.1, -0.05) is 19.1 Å². The Morgan fingerprint density at radius 3 is 2.52 bits per heavy atom. The van der Waals surface area contributed by atoms with Crippen LogP contribution in [0.4, 0.5) is 11.4 Å². The Bertz CT molecular complexity index is 1050. The molecule has 218 valence electrons. The van der Waals surface area contributed by atoms with E-state index in [1.165, 1.54) is 0 Å². The van der Waals surface area contributed by atoms with Crippen molar-refractivity contribution in [3.05, 3.63) is 48.6 Å². The molecule has 0 spiro atoms. The number of hydrogen-bond donors (Lipinski definition) is 3. The topological polar surface area (TPSA) is 103 Å². The maximum atomic E-state index is 12.7. The van der Waals surface area contributed by atoms with Crippen molar-refractivity contribution < 1.29 is 4.79 Å². The van der Waals surface area contributed by atoms with Crippen molar-refractivity contribution in [3.8, 4) is 12.3 Å². The molecule has 0 saturated carbocycles. The van der Waals surface area contributed by atoms with Crippen LogP contribution in [0.15, 0.2) is 47.9 Å². The Morgan fingerprint density at radius 1 is 1.15 bits per heavy atom. The van der Waals surface area contributed by atoms with Gasteiger partial charge in [-0.05, 0) is 64.5 Å². The monoisotopic (exact) mass is 549 g/mol. The maximum Gasteiger partial charge on any atom is 0.276 e. The van der Waals surface area contributed by atoms with Gasteiger partial charge in [0.25, 0.3) is 5.91 Å². The smallest absolute Gasteiger partial charge is 0.276 e. The predicted molar refractivity (Wildman–Crippen MR) is 166 cm³/mol. The highest BCUT2D eigenvalue weighted by molar-refractivity contribution is 6.04. The number of piperazine rings is 1. The van der Waals surface area contributed by atoms with Gasteiger partial charge >= 0.3 is 0 Å². The maximum absolute atomic E-state index is 12.7. The van der Waals surface area contributed by atoms with Crippen LogP contribution in [0.5, 0.6) is 0 Å². The molecule has 4 rings (SSSR count). The van der Waals surface area contributed by atoms with E-state index in [9.17, 15) is 4.79 Å². The summed E-state index contributed by atoms with van der Waals surface area (Å²) in [4.78, 5) is 25.3. The van der Waals surface area contributed by atoms with Crippen LogP contribution in [0, 0.1) is 12.3 Å². The first kappa shape index (κ1) is 32.7. The lowest BCUT2D eigenvalue weighted by atomic mass is 10.2. The van der Waals surface area contributed by atoms with E-state index in [-0.39, 0.29) is 5.91 Å². The Labute approximate surface area is 240 Å². The van der Waals surface area contributed by atoms with Crippen LogP contribution in [-0.4, -0.2) is 91.3 Å². The number of rotatable bonds is 9. The average Bonchev–Trinajstić information content (AvgIpc) is 3.43. The number of aliphatic imine (C=N–C) groups is 1. The largest absolute Gasteiger partial charge is 0.370 e. The summed E-state index contributed by atoms with van der Waals surface area (Å²) in [6.45, 7) is 17.1. The van der Waals surface area contributed by atoms with Crippen molar-refractivity contribution in [2.45, 2.75) is 46.1 Å². The molecule has 2 aliphatic heterocycles. The van der Waals surface area contributed by atoms with E-state index in [2.05, 4.69) is 79.0 Å². The number of nitrogens with one attached hydrogen (secondary N) is 3. The normalized spacial score (nSPS) is 15.9. The summed E-state index contributed by atoms with van der Waals surface area (Å²) in [5.74, 6) is 2.05. The fraction of sp³-hybridized carbons (Fsp3) is 0.533. The minimum Gasteiger partial charge on any atom is -0.370 e. The van der Waals surface area contributed by atoms with Crippen molar-refractivity contribution >= 4 is 24.0 Å². The number of nitrogens with zero attached hydrogens (tertiary/aromatic N) is 6. The van der Waals surface area contributed by atoms with Crippen LogP contribution >= 0.6 is 0 Å². The van der Waals surface area contributed by atoms with E-state index in [4.69, 9.17) is 0 Å². The van der Waals surface area contributed by atoms with Crippen molar-refractivity contribution in [1.82, 2.24) is 30.3 Å². The number of allylic oxidation sites excluding steroid dienone is 2. The minimum absolute atomic E-state index is 0.203. The summed E-state index contributed by atoms with van der Waals surface area (Å²) in [6.07, 6.45) is 18.3. The van der Waals surface area contributed by atoms with Crippen molar-refractivity contribution in [2.24, 2.45) is 4.99 Å². The highest BCUT2D eigenvalue weighted by Gasteiger charge is 2.16. The molecular formula is C30H47N9O. The molecule has 0 atom stereocenters. The first-order valence-corrected chi connectivity index (χ1v) is 14.2. The first-order chi connectivity index (χ1) is 19.6. The van der Waals surface area contributed by atoms with Crippen LogP contribution in [0.1, 0.15) is 50.0 Å². The second-order valence-electron chi connectivity index (χ2n) is 9.45. The number of hydrogen-bond acceptors (Lipinski definition) is 8. The average molecular weight is 550 g/mol. The number of amides is 1. The second-order valence-corrected chi connectivity index (χ2v) is 9.45. The summed E-state index contributed by atoms with van der Waals surface area (Å²) in [6, 6.07) is 3.74. The third-order valence-corrected chi connectivity index (χ3v) is 6.26. The molecule has 0 aliphatic carbocycles. The second kappa shape index (κ2) is 20.4. The van der Waals surface area contributed by atoms with E-state index < -0.39 is 0 Å². The molecule has 2 aromatic rings. The molecule has 2 fully saturated rings. The van der Waals surface area contributed by atoms with E-state index in [0.29, 0.717) is 5.69 Å². The molecule has 3 N–H and O–H groups in total. The van der Waals surface area contributed by atoms with Crippen LogP contribution in [-0.2, 0) is 6.54 Å². The van der Waals surface area contributed by atoms with E-state index in [0.717, 1.165) is 103 Å². The summed E-state index contributed by atoms with van der Waals surface area (Å²) < 4.78 is 1.81. The third kappa shape index (κ3) is 12.6. The molecule has 0 aromatic carbocycles. The third-order valence-electron chi connectivity index (χ3n) is 6.26. The van der Waals surface area contributed by atoms with E-state index in [1.54, 1.807) is 25.4 Å². The first-order valence-electron chi connectivity index (χ1n) is 14.2. The zero-order chi connectivity index (χ0) is 28.8. The highest BCUT2D eigenvalue weighted by atomic mass is 16.2. The van der Waals surface area contributed by atoms with E-state index >= 15 is 0 Å². The van der Waals surface area contributed by atoms with Crippen LogP contribution in [0.25, 0.3) is 0 Å². The van der Waals surface area contributed by atoms with Gasteiger partial charge < -0.3 is 20.9 Å². The number of terminal acetylenes is 1. The van der Waals surface area contributed by atoms with Crippen LogP contribution in [0.3, 0.4) is 0 Å². The number of carbonyl (C=O) groups excluding carboxylic acids is 1. The molecule has 2 saturated heterocycles. The molecule has 0 bridgehead atoms. The molecule has 0 unspecified atom stereocenters. The SMILES string of the molecule is C#CC.C=NCN1CCNCC1.CC/C=C\CCn1ccc(C(=O)Nc2cnccc2N2CCCNCCC2)n1. The molecular weight excluding hydrogens is 502 g/mol. The van der Waals surface area contributed by atoms with Gasteiger partial charge in [-0.3, -0.25) is 24.4 Å². The van der Waals surface area contributed by atoms with Crippen LogP contribution < -0.4 is 20.9 Å². The Kier molecular flexibility index (Phi) is 16.7. The van der Waals surface area contributed by atoms with Crippen LogP contribution in [0.2, 0.25) is 0 Å². The quantitative estimate of drug-likeness (QED) is 0.251. The predicted octanol–water partition coefficient (Wildman–Crippen LogP) is 3.27. The van der Waals surface area contributed by atoms with Gasteiger partial charge in [0.05, 0.1) is 24.2 Å². The number of anilines is 2. The van der Waals surface area contributed by atoms with Gasteiger partial charge in [-0.25, -0.2) is 0 Å². The number of carbonyl (C=O) groups is 1. The Hall–Kier alpha value is -3.52. The fourth-order valence-electron chi connectivity index (χ4n) is 4.31. The summed E-state index contributed by atoms with van der Waals surface area (Å²) >= 11 is 0. The molecule has 10 nitrogen and oxygen atoms in total. The van der Waals surface area contributed by atoms with Gasteiger partial charge in [0, 0.05) is 58.2 Å². The summed E-state index contributed by atoms with van der Waals surface area (Å²) in [7, 11) is 0. The molecule has 40 heavy (non-hydrogen) atoms. The van der Waals surface area contributed by atoms with Crippen molar-refractivity contribution in [2.75, 3.05) is 69.2 Å². The molecule has 4 heterocycles. The highest BCUT2D eigenvalue weighted by Crippen LogP contribution is 2.25. The molecule has 2 aromatic heterocycles. The molecule has 10 heteroatoms. The van der Waals surface area contributed by atoms with Gasteiger partial charge in [-0.2, -0.15) is 5.10 Å². The van der Waals surface area contributed by atoms with Gasteiger partial charge in [-0.15, -0.1) is 12.3 Å². The van der Waals surface area contributed by atoms with Crippen molar-refractivity contribution in [3.63, 3.8) is 0 Å². The molecule has 2 aliphatic rings. The Balaban J connectivity index is 0.000000389. The molecule has 1 amide bonds. The summed E-state index contributed by atoms with van der Waals surface area (Å²) in [5.41, 5.74) is 2.18. The fourth-order valence-corrected chi connectivity index (χ4v) is 4.31.